The van der Waals surface area contributed by atoms with E-state index < -0.39 is 34.3 Å². The van der Waals surface area contributed by atoms with Crippen molar-refractivity contribution in [3.63, 3.8) is 0 Å². The maximum Gasteiger partial charge on any atom is 0.311 e. The Kier molecular flexibility index (Phi) is 6.80. The highest BCUT2D eigenvalue weighted by atomic mass is 35.5. The summed E-state index contributed by atoms with van der Waals surface area (Å²) < 4.78 is 11.6. The summed E-state index contributed by atoms with van der Waals surface area (Å²) in [6.07, 6.45) is -1.02. The maximum atomic E-state index is 12.7. The van der Waals surface area contributed by atoms with Crippen LogP contribution in [0.1, 0.15) is 47.8 Å². The number of esters is 1. The van der Waals surface area contributed by atoms with E-state index in [0.29, 0.717) is 22.0 Å². The molecule has 180 valence electrons. The molecule has 1 aromatic carbocycles. The minimum atomic E-state index is -1.14. The molecule has 34 heavy (non-hydrogen) atoms. The van der Waals surface area contributed by atoms with Crippen LogP contribution in [0.25, 0.3) is 0 Å². The molecule has 2 aromatic rings. The van der Waals surface area contributed by atoms with Crippen LogP contribution in [0.15, 0.2) is 30.5 Å². The van der Waals surface area contributed by atoms with Gasteiger partial charge in [-0.2, -0.15) is 0 Å². The Morgan fingerprint density at radius 3 is 2.35 bits per heavy atom. The molecule has 0 saturated heterocycles. The van der Waals surface area contributed by atoms with E-state index in [1.807, 2.05) is 12.1 Å². The first-order chi connectivity index (χ1) is 16.2. The molecule has 1 saturated carbocycles. The van der Waals surface area contributed by atoms with E-state index in [1.54, 1.807) is 25.3 Å². The van der Waals surface area contributed by atoms with Gasteiger partial charge in [-0.15, -0.1) is 20.2 Å². The Morgan fingerprint density at radius 1 is 1.15 bits per heavy atom. The predicted molar refractivity (Wildman–Crippen MR) is 114 cm³/mol. The third-order valence-corrected chi connectivity index (χ3v) is 6.11. The topological polar surface area (TPSA) is 153 Å². The number of hydrogen-bond donors (Lipinski definition) is 0. The molecular weight excluding hydrogens is 474 g/mol. The van der Waals surface area contributed by atoms with Crippen molar-refractivity contribution in [3.05, 3.63) is 78.1 Å². The summed E-state index contributed by atoms with van der Waals surface area (Å²) in [7, 11) is 0. The van der Waals surface area contributed by atoms with Crippen LogP contribution in [0.3, 0.4) is 0 Å². The average molecular weight is 494 g/mol. The molecule has 0 bridgehead atoms. The summed E-state index contributed by atoms with van der Waals surface area (Å²) >= 11 is 5.97. The SMILES string of the molecule is Cc1ncc2c(c1OC(=O)CC1C[C@H](O[N+](=O)[O-])[C@H](O[N+](=O)[O-])C1)CO[C@@H]2c1ccc(Cl)cc1. The first-order valence-corrected chi connectivity index (χ1v) is 10.8. The lowest BCUT2D eigenvalue weighted by molar-refractivity contribution is -0.797. The van der Waals surface area contributed by atoms with Gasteiger partial charge in [0.1, 0.15) is 18.3 Å². The second kappa shape index (κ2) is 9.77. The molecule has 1 unspecified atom stereocenters. The van der Waals surface area contributed by atoms with Crippen LogP contribution in [0, 0.1) is 33.1 Å². The van der Waals surface area contributed by atoms with E-state index >= 15 is 0 Å². The number of aryl methyl sites for hydroxylation is 1. The summed E-state index contributed by atoms with van der Waals surface area (Å²) in [6, 6.07) is 7.21. The fourth-order valence-electron chi connectivity index (χ4n) is 4.39. The van der Waals surface area contributed by atoms with Gasteiger partial charge < -0.3 is 19.1 Å². The number of pyridine rings is 1. The maximum absolute atomic E-state index is 12.7. The first-order valence-electron chi connectivity index (χ1n) is 10.4. The van der Waals surface area contributed by atoms with E-state index in [1.165, 1.54) is 0 Å². The van der Waals surface area contributed by atoms with Gasteiger partial charge in [0.15, 0.2) is 5.75 Å². The van der Waals surface area contributed by atoms with Gasteiger partial charge in [-0.3, -0.25) is 9.78 Å². The molecule has 2 aliphatic rings. The van der Waals surface area contributed by atoms with E-state index in [4.69, 9.17) is 21.1 Å². The van der Waals surface area contributed by atoms with Crippen LogP contribution < -0.4 is 4.74 Å². The fourth-order valence-corrected chi connectivity index (χ4v) is 4.52. The van der Waals surface area contributed by atoms with Crippen molar-refractivity contribution in [2.75, 3.05) is 0 Å². The van der Waals surface area contributed by atoms with Gasteiger partial charge in [0.05, 0.1) is 12.3 Å². The molecule has 4 rings (SSSR count). The lowest BCUT2D eigenvalue weighted by atomic mass is 10.00. The summed E-state index contributed by atoms with van der Waals surface area (Å²) in [5.74, 6) is -0.751. The van der Waals surface area contributed by atoms with Crippen LogP contribution in [0.2, 0.25) is 5.02 Å². The minimum absolute atomic E-state index is 0.0421. The van der Waals surface area contributed by atoms with Crippen LogP contribution in [-0.4, -0.2) is 33.3 Å². The number of halogens is 1. The normalized spacial score (nSPS) is 23.2. The molecule has 1 fully saturated rings. The number of fused-ring (bicyclic) bond motifs is 1. The second-order valence-electron chi connectivity index (χ2n) is 8.10. The van der Waals surface area contributed by atoms with Gasteiger partial charge in [-0.1, -0.05) is 23.7 Å². The van der Waals surface area contributed by atoms with Crippen molar-refractivity contribution in [1.82, 2.24) is 4.98 Å². The van der Waals surface area contributed by atoms with Crippen molar-refractivity contribution in [2.24, 2.45) is 5.92 Å². The van der Waals surface area contributed by atoms with Gasteiger partial charge in [0.25, 0.3) is 10.2 Å². The number of benzene rings is 1. The number of ether oxygens (including phenoxy) is 2. The van der Waals surface area contributed by atoms with Crippen LogP contribution >= 0.6 is 11.6 Å². The molecule has 0 N–H and O–H groups in total. The third-order valence-electron chi connectivity index (χ3n) is 5.86. The zero-order valence-electron chi connectivity index (χ0n) is 17.9. The lowest BCUT2D eigenvalue weighted by Crippen LogP contribution is -2.30. The first kappa shape index (κ1) is 23.6. The number of rotatable bonds is 8. The molecule has 0 amide bonds. The molecular formula is C21H20ClN3O9. The molecule has 1 aromatic heterocycles. The lowest BCUT2D eigenvalue weighted by Gasteiger charge is -2.14. The van der Waals surface area contributed by atoms with E-state index in [-0.39, 0.29) is 32.0 Å². The van der Waals surface area contributed by atoms with Crippen molar-refractivity contribution in [2.45, 2.75) is 51.1 Å². The standard InChI is InChI=1S/C21H20ClN3O9/c1-11-20(16-10-31-21(15(16)9-23-11)13-2-4-14(22)5-3-13)32-19(26)8-12-6-17(33-24(27)28)18(7-12)34-25(29)30/h2-5,9,12,17-18,21H,6-8,10H2,1H3/t12?,17-,18+,21-/m1/s1. The van der Waals surface area contributed by atoms with E-state index in [2.05, 4.69) is 14.7 Å². The van der Waals surface area contributed by atoms with Gasteiger partial charge in [0, 0.05) is 28.8 Å². The van der Waals surface area contributed by atoms with Crippen LogP contribution in [0.4, 0.5) is 0 Å². The van der Waals surface area contributed by atoms with Crippen molar-refractivity contribution in [1.29, 1.82) is 0 Å². The Labute approximate surface area is 197 Å². The summed E-state index contributed by atoms with van der Waals surface area (Å²) in [5.41, 5.74) is 2.86. The van der Waals surface area contributed by atoms with Crippen molar-refractivity contribution in [3.8, 4) is 5.75 Å². The largest absolute Gasteiger partial charge is 0.424 e. The van der Waals surface area contributed by atoms with Crippen LogP contribution in [-0.2, 0) is 25.8 Å². The van der Waals surface area contributed by atoms with Gasteiger partial charge in [-0.05, 0) is 43.4 Å². The molecule has 13 heteroatoms. The Hall–Kier alpha value is -3.51. The van der Waals surface area contributed by atoms with Gasteiger partial charge in [-0.25, -0.2) is 0 Å². The Balaban J connectivity index is 1.46. The highest BCUT2D eigenvalue weighted by molar-refractivity contribution is 6.30. The number of carbonyl (C=O) groups is 1. The molecule has 4 atom stereocenters. The van der Waals surface area contributed by atoms with Crippen molar-refractivity contribution < 1.29 is 34.1 Å². The van der Waals surface area contributed by atoms with E-state index in [0.717, 1.165) is 11.1 Å². The number of aromatic nitrogens is 1. The summed E-state index contributed by atoms with van der Waals surface area (Å²) in [4.78, 5) is 47.4. The molecule has 1 aliphatic heterocycles. The second-order valence-corrected chi connectivity index (χ2v) is 8.54. The fraction of sp³-hybridized carbons (Fsp3) is 0.429. The van der Waals surface area contributed by atoms with Crippen LogP contribution in [0.5, 0.6) is 5.75 Å². The van der Waals surface area contributed by atoms with Gasteiger partial charge >= 0.3 is 5.97 Å². The number of hydrogen-bond acceptors (Lipinski definition) is 10. The molecule has 2 heterocycles. The highest BCUT2D eigenvalue weighted by Gasteiger charge is 2.41. The van der Waals surface area contributed by atoms with E-state index in [9.17, 15) is 25.0 Å². The highest BCUT2D eigenvalue weighted by Crippen LogP contribution is 2.41. The number of nitrogens with zero attached hydrogens (tertiary/aromatic N) is 3. The molecule has 1 aliphatic carbocycles. The Morgan fingerprint density at radius 2 is 1.76 bits per heavy atom. The summed E-state index contributed by atoms with van der Waals surface area (Å²) in [6.45, 7) is 1.92. The van der Waals surface area contributed by atoms with Gasteiger partial charge in [0.2, 0.25) is 0 Å². The molecule has 0 spiro atoms. The monoisotopic (exact) mass is 493 g/mol. The zero-order chi connectivity index (χ0) is 24.4. The predicted octanol–water partition coefficient (Wildman–Crippen LogP) is 3.52. The molecule has 0 radical (unpaired) electrons. The summed E-state index contributed by atoms with van der Waals surface area (Å²) in [5, 5.41) is 19.9. The molecule has 12 nitrogen and oxygen atoms in total. The third kappa shape index (κ3) is 5.18. The van der Waals surface area contributed by atoms with Crippen molar-refractivity contribution >= 4 is 17.6 Å². The Bertz CT molecular complexity index is 1090. The smallest absolute Gasteiger partial charge is 0.311 e. The number of carbonyl (C=O) groups excluding carboxylic acids is 1. The quantitative estimate of drug-likeness (QED) is 0.303. The zero-order valence-corrected chi connectivity index (χ0v) is 18.7. The minimum Gasteiger partial charge on any atom is -0.424 e. The average Bonchev–Trinajstić information content (AvgIpc) is 3.34.